The molecule has 2 saturated heterocycles. The first-order valence-electron chi connectivity index (χ1n) is 24.2. The number of piperidine rings is 1. The van der Waals surface area contributed by atoms with Crippen molar-refractivity contribution in [2.24, 2.45) is 23.2 Å². The summed E-state index contributed by atoms with van der Waals surface area (Å²) in [5.74, 6) is -0.0885. The summed E-state index contributed by atoms with van der Waals surface area (Å²) in [7, 11) is 1.75. The van der Waals surface area contributed by atoms with E-state index < -0.39 is 29.1 Å². The summed E-state index contributed by atoms with van der Waals surface area (Å²) in [5, 5.41) is 5.28. The molecule has 1 spiro atoms. The number of pyridine rings is 1. The van der Waals surface area contributed by atoms with E-state index in [4.69, 9.17) is 24.2 Å². The van der Waals surface area contributed by atoms with Gasteiger partial charge in [-0.2, -0.15) is 0 Å². The number of nitrogens with one attached hydrogen (secondary N) is 1. The molecule has 2 saturated carbocycles. The van der Waals surface area contributed by atoms with Crippen LogP contribution in [-0.2, 0) is 41.6 Å². The summed E-state index contributed by atoms with van der Waals surface area (Å²) >= 11 is 1.45. The van der Waals surface area contributed by atoms with E-state index in [1.54, 1.807) is 17.9 Å². The molecule has 1 aromatic carbocycles. The molecule has 6 bridgehead atoms. The number of carbonyl (C=O) groups excluding carboxylic acids is 3. The standard InChI is InChI=1S/C51H66N7O6S/c1-9-56-41-16-13-33-22-36(41)38(44(56)37-23-34(25-52-43(37)31(5)62-8)32-17-20-55(21-18-32)35-14-15-35)24-50(6,7)28-64-48(60)39-12-11-19-58(54-39)49(61)51(27-57(51)47(59)42-29(3)30(42)4)45(63-10-2)46-53-40(33)26-65-46/h13,16,22-23,25-27,29-32,35,39,42,45,54H,9-12,14-15,17-21,24,28H2,1-8H3/q+1/t29-,30+,31-,39-,42?,45+,51-/m0/s1. The zero-order chi connectivity index (χ0) is 45.5. The van der Waals surface area contributed by atoms with E-state index in [9.17, 15) is 14.4 Å². The SMILES string of the molecule is CCO[C@@H]1c2nc(cs2)-c2ccc3c(c2)c(c(-c2cc(C4CCN(C5CC5)CC4)cnc2[C@H](C)OC)n3CC)CC(C)(C)COC(=O)[C@@H]2CCCN(N2)C(=O)[C@]12C=[N+]2C(=O)C1[C@@H](C)[C@H]1C. The second-order valence-electron chi connectivity index (χ2n) is 20.5. The monoisotopic (exact) mass is 904 g/mol. The number of carbonyl (C=O) groups is 3. The number of cyclic esters (lactones) is 1. The number of hydrogen-bond donors (Lipinski definition) is 1. The Hall–Kier alpha value is -4.34. The Labute approximate surface area is 386 Å². The van der Waals surface area contributed by atoms with Crippen molar-refractivity contribution in [3.63, 3.8) is 0 Å². The normalized spacial score (nSPS) is 28.8. The number of aryl methyl sites for hydroxylation is 1. The van der Waals surface area contributed by atoms with Crippen LogP contribution >= 0.6 is 11.3 Å². The molecule has 7 atom stereocenters. The lowest BCUT2D eigenvalue weighted by atomic mass is 9.83. The number of nitrogens with zero attached hydrogens (tertiary/aromatic N) is 6. The van der Waals surface area contributed by atoms with Crippen LogP contribution in [-0.4, -0.2) is 111 Å². The van der Waals surface area contributed by atoms with Crippen LogP contribution in [0.2, 0.25) is 0 Å². The first-order valence-corrected chi connectivity index (χ1v) is 25.1. The quantitative estimate of drug-likeness (QED) is 0.131. The zero-order valence-electron chi connectivity index (χ0n) is 39.4. The van der Waals surface area contributed by atoms with Crippen LogP contribution in [0.5, 0.6) is 0 Å². The number of ether oxygens (including phenoxy) is 3. The molecule has 6 aliphatic rings. The van der Waals surface area contributed by atoms with Crippen molar-refractivity contribution in [3.8, 4) is 22.5 Å². The molecule has 4 aliphatic heterocycles. The molecule has 4 fully saturated rings. The molecule has 0 radical (unpaired) electrons. The van der Waals surface area contributed by atoms with Crippen molar-refractivity contribution in [3.05, 3.63) is 57.7 Å². The molecule has 14 heteroatoms. The highest BCUT2D eigenvalue weighted by Crippen LogP contribution is 2.51. The number of esters is 1. The lowest BCUT2D eigenvalue weighted by Crippen LogP contribution is -2.61. The number of benzene rings is 1. The van der Waals surface area contributed by atoms with Gasteiger partial charge in [-0.25, -0.2) is 15.2 Å². The summed E-state index contributed by atoms with van der Waals surface area (Å²) in [6.07, 6.45) is 9.36. The molecule has 4 aromatic rings. The van der Waals surface area contributed by atoms with Crippen LogP contribution in [0.25, 0.3) is 33.4 Å². The second-order valence-corrected chi connectivity index (χ2v) is 21.4. The van der Waals surface area contributed by atoms with E-state index in [1.807, 2.05) is 12.3 Å². The minimum atomic E-state index is -1.42. The molecule has 1 N–H and O–H groups in total. The third kappa shape index (κ3) is 7.88. The van der Waals surface area contributed by atoms with Gasteiger partial charge < -0.3 is 23.7 Å². The Kier molecular flexibility index (Phi) is 11.7. The summed E-state index contributed by atoms with van der Waals surface area (Å²) in [4.78, 5) is 56.4. The van der Waals surface area contributed by atoms with Gasteiger partial charge in [-0.1, -0.05) is 33.8 Å². The summed E-state index contributed by atoms with van der Waals surface area (Å²) in [6.45, 7) is 18.5. The zero-order valence-corrected chi connectivity index (χ0v) is 40.2. The Balaban J connectivity index is 1.11. The molecule has 13 nitrogen and oxygen atoms in total. The fourth-order valence-electron chi connectivity index (χ4n) is 11.2. The van der Waals surface area contributed by atoms with Crippen LogP contribution in [0.1, 0.15) is 127 Å². The first-order chi connectivity index (χ1) is 31.3. The lowest BCUT2D eigenvalue weighted by Gasteiger charge is -2.35. The molecule has 1 unspecified atom stereocenters. The predicted molar refractivity (Wildman–Crippen MR) is 251 cm³/mol. The van der Waals surface area contributed by atoms with Gasteiger partial charge in [-0.05, 0) is 126 Å². The highest BCUT2D eigenvalue weighted by Gasteiger charge is 2.76. The Bertz CT molecular complexity index is 2550. The average molecular weight is 905 g/mol. The van der Waals surface area contributed by atoms with Crippen LogP contribution in [0.4, 0.5) is 0 Å². The minimum absolute atomic E-state index is 0.0749. The van der Waals surface area contributed by atoms with Crippen LogP contribution in [0.3, 0.4) is 0 Å². The number of hydrogen-bond acceptors (Lipinski definition) is 11. The first kappa shape index (κ1) is 44.5. The van der Waals surface area contributed by atoms with Gasteiger partial charge >= 0.3 is 23.3 Å². The van der Waals surface area contributed by atoms with Crippen molar-refractivity contribution in [2.45, 2.75) is 136 Å². The highest BCUT2D eigenvalue weighted by molar-refractivity contribution is 7.10. The van der Waals surface area contributed by atoms with Crippen LogP contribution in [0, 0.1) is 23.2 Å². The van der Waals surface area contributed by atoms with E-state index in [-0.39, 0.29) is 42.3 Å². The molecule has 2 amide bonds. The molecular weight excluding hydrogens is 839 g/mol. The second kappa shape index (κ2) is 17.1. The smallest absolute Gasteiger partial charge is 0.392 e. The average Bonchev–Trinajstić information content (AvgIpc) is 4.29. The van der Waals surface area contributed by atoms with Gasteiger partial charge in [0.2, 0.25) is 6.21 Å². The van der Waals surface area contributed by atoms with Gasteiger partial charge in [0.1, 0.15) is 11.0 Å². The number of amides is 2. The van der Waals surface area contributed by atoms with Gasteiger partial charge in [0, 0.05) is 71.9 Å². The minimum Gasteiger partial charge on any atom is -0.464 e. The topological polar surface area (TPSA) is 131 Å². The van der Waals surface area contributed by atoms with Crippen LogP contribution < -0.4 is 5.43 Å². The van der Waals surface area contributed by atoms with Gasteiger partial charge in [0.25, 0.3) is 0 Å². The summed E-state index contributed by atoms with van der Waals surface area (Å²) in [6, 6.07) is 9.03. The number of fused-ring (bicyclic) bond motifs is 6. The van der Waals surface area contributed by atoms with E-state index in [0.717, 1.165) is 83.2 Å². The van der Waals surface area contributed by atoms with Crippen molar-refractivity contribution in [2.75, 3.05) is 40.0 Å². The Morgan fingerprint density at radius 1 is 1.06 bits per heavy atom. The van der Waals surface area contributed by atoms with Crippen molar-refractivity contribution in [1.82, 2.24) is 29.9 Å². The van der Waals surface area contributed by atoms with Gasteiger partial charge in [-0.3, -0.25) is 19.6 Å². The number of aromatic nitrogens is 3. The fraction of sp³-hybridized carbons (Fsp3) is 0.608. The van der Waals surface area contributed by atoms with Crippen molar-refractivity contribution < 1.29 is 33.2 Å². The number of hydrazine groups is 1. The fourth-order valence-corrected chi connectivity index (χ4v) is 12.2. The van der Waals surface area contributed by atoms with E-state index in [2.05, 4.69) is 86.9 Å². The van der Waals surface area contributed by atoms with Crippen LogP contribution in [0.15, 0.2) is 35.8 Å². The third-order valence-electron chi connectivity index (χ3n) is 15.6. The Morgan fingerprint density at radius 3 is 2.52 bits per heavy atom. The van der Waals surface area contributed by atoms with Crippen molar-refractivity contribution >= 4 is 46.2 Å². The maximum Gasteiger partial charge on any atom is 0.392 e. The van der Waals surface area contributed by atoms with E-state index in [0.29, 0.717) is 43.3 Å². The largest absolute Gasteiger partial charge is 0.464 e. The third-order valence-corrected chi connectivity index (χ3v) is 16.5. The molecule has 346 valence electrons. The molecule has 65 heavy (non-hydrogen) atoms. The molecular formula is C51H66N7O6S+. The highest BCUT2D eigenvalue weighted by atomic mass is 32.1. The summed E-state index contributed by atoms with van der Waals surface area (Å²) < 4.78 is 22.8. The van der Waals surface area contributed by atoms with Gasteiger partial charge in [0.15, 0.2) is 6.10 Å². The van der Waals surface area contributed by atoms with Crippen molar-refractivity contribution in [1.29, 1.82) is 0 Å². The molecule has 7 heterocycles. The molecule has 2 aliphatic carbocycles. The van der Waals surface area contributed by atoms with E-state index in [1.165, 1.54) is 34.8 Å². The van der Waals surface area contributed by atoms with E-state index >= 15 is 0 Å². The number of likely N-dealkylation sites (tertiary alicyclic amines) is 1. The number of methoxy groups -OCH3 is 1. The van der Waals surface area contributed by atoms with Gasteiger partial charge in [-0.15, -0.1) is 15.9 Å². The lowest BCUT2D eigenvalue weighted by molar-refractivity contribution is -0.437. The van der Waals surface area contributed by atoms with Gasteiger partial charge in [0.05, 0.1) is 35.7 Å². The molecule has 3 aromatic heterocycles. The number of rotatable bonds is 9. The molecule has 10 rings (SSSR count). The predicted octanol–water partition coefficient (Wildman–Crippen LogP) is 7.86. The Morgan fingerprint density at radius 2 is 1.83 bits per heavy atom. The maximum absolute atomic E-state index is 15.0. The summed E-state index contributed by atoms with van der Waals surface area (Å²) in [5.41, 5.74) is 9.70. The maximum atomic E-state index is 15.0. The number of thiazole rings is 1.